The van der Waals surface area contributed by atoms with Gasteiger partial charge >= 0.3 is 5.97 Å². The summed E-state index contributed by atoms with van der Waals surface area (Å²) in [5.74, 6) is -0.137. The molecule has 0 amide bonds. The maximum atomic E-state index is 11.7. The maximum absolute atomic E-state index is 11.7. The molecule has 0 N–H and O–H groups in total. The van der Waals surface area contributed by atoms with Crippen LogP contribution in [0.3, 0.4) is 0 Å². The smallest absolute Gasteiger partial charge is 0.331 e. The minimum absolute atomic E-state index is 0.125. The molecule has 0 fully saturated rings. The molecule has 0 bridgehead atoms. The van der Waals surface area contributed by atoms with Crippen molar-refractivity contribution in [3.05, 3.63) is 42.0 Å². The molecule has 3 nitrogen and oxygen atoms in total. The minimum Gasteiger partial charge on any atom is -0.464 e. The van der Waals surface area contributed by atoms with Crippen LogP contribution in [0.5, 0.6) is 0 Å². The van der Waals surface area contributed by atoms with E-state index in [9.17, 15) is 4.79 Å². The Balaban J connectivity index is 2.62. The van der Waals surface area contributed by atoms with Gasteiger partial charge in [0.2, 0.25) is 0 Å². The highest BCUT2D eigenvalue weighted by Crippen LogP contribution is 2.08. The standard InChI is InChI=1S/C16H21NO2/c1-4-19-16(18)15(13(2)3)17-12-8-11-14-9-6-5-7-10-14/h5-13,15H,4H2,1-3H3/b11-8+,17-12+. The first kappa shape index (κ1) is 15.2. The van der Waals surface area contributed by atoms with Crippen molar-refractivity contribution in [2.24, 2.45) is 10.9 Å². The van der Waals surface area contributed by atoms with Gasteiger partial charge in [-0.15, -0.1) is 0 Å². The number of rotatable bonds is 6. The average Bonchev–Trinajstić information content (AvgIpc) is 2.39. The van der Waals surface area contributed by atoms with E-state index in [0.717, 1.165) is 5.56 Å². The monoisotopic (exact) mass is 259 g/mol. The molecule has 3 heteroatoms. The van der Waals surface area contributed by atoms with Crippen LogP contribution in [0.25, 0.3) is 6.08 Å². The topological polar surface area (TPSA) is 38.7 Å². The Kier molecular flexibility index (Phi) is 6.58. The molecular formula is C16H21NO2. The molecule has 0 aromatic heterocycles. The summed E-state index contributed by atoms with van der Waals surface area (Å²) in [5, 5.41) is 0. The fraction of sp³-hybridized carbons (Fsp3) is 0.375. The van der Waals surface area contributed by atoms with Crippen molar-refractivity contribution >= 4 is 18.3 Å². The van der Waals surface area contributed by atoms with Crippen molar-refractivity contribution in [2.45, 2.75) is 26.8 Å². The fourth-order valence-electron chi connectivity index (χ4n) is 1.59. The van der Waals surface area contributed by atoms with Crippen molar-refractivity contribution in [3.63, 3.8) is 0 Å². The van der Waals surface area contributed by atoms with Crippen LogP contribution in [0.2, 0.25) is 0 Å². The summed E-state index contributed by atoms with van der Waals surface area (Å²) in [6.07, 6.45) is 5.45. The van der Waals surface area contributed by atoms with Gasteiger partial charge in [0.1, 0.15) is 6.04 Å². The van der Waals surface area contributed by atoms with Gasteiger partial charge in [0.05, 0.1) is 6.61 Å². The molecule has 0 saturated carbocycles. The van der Waals surface area contributed by atoms with Gasteiger partial charge < -0.3 is 4.74 Å². The Hall–Kier alpha value is -1.90. The lowest BCUT2D eigenvalue weighted by atomic mass is 10.1. The highest BCUT2D eigenvalue weighted by molar-refractivity contribution is 5.83. The summed E-state index contributed by atoms with van der Waals surface area (Å²) < 4.78 is 5.00. The molecule has 1 unspecified atom stereocenters. The zero-order valence-electron chi connectivity index (χ0n) is 11.7. The SMILES string of the molecule is CCOC(=O)C(/N=C/C=C/c1ccccc1)C(C)C. The number of hydrogen-bond acceptors (Lipinski definition) is 3. The van der Waals surface area contributed by atoms with Crippen LogP contribution in [0, 0.1) is 5.92 Å². The molecule has 0 radical (unpaired) electrons. The normalized spacial score (nSPS) is 13.3. The van der Waals surface area contributed by atoms with Crippen LogP contribution in [0.4, 0.5) is 0 Å². The predicted octanol–water partition coefficient (Wildman–Crippen LogP) is 3.36. The third kappa shape index (κ3) is 5.51. The summed E-state index contributed by atoms with van der Waals surface area (Å²) >= 11 is 0. The Morgan fingerprint density at radius 2 is 2.00 bits per heavy atom. The van der Waals surface area contributed by atoms with Gasteiger partial charge in [-0.1, -0.05) is 50.3 Å². The number of aliphatic imine (C=N–C) groups is 1. The lowest BCUT2D eigenvalue weighted by molar-refractivity contribution is -0.145. The number of hydrogen-bond donors (Lipinski definition) is 0. The van der Waals surface area contributed by atoms with E-state index in [4.69, 9.17) is 4.74 Å². The zero-order valence-corrected chi connectivity index (χ0v) is 11.7. The molecule has 1 atom stereocenters. The summed E-state index contributed by atoms with van der Waals surface area (Å²) in [6, 6.07) is 9.52. The third-order valence-corrected chi connectivity index (χ3v) is 2.58. The molecule has 19 heavy (non-hydrogen) atoms. The van der Waals surface area contributed by atoms with Gasteiger partial charge in [-0.25, -0.2) is 4.79 Å². The molecule has 0 heterocycles. The number of allylic oxidation sites excluding steroid dienone is 1. The Bertz CT molecular complexity index is 435. The first-order valence-electron chi connectivity index (χ1n) is 6.56. The van der Waals surface area contributed by atoms with Crippen LogP contribution >= 0.6 is 0 Å². The Morgan fingerprint density at radius 3 is 2.58 bits per heavy atom. The number of esters is 1. The van der Waals surface area contributed by atoms with Crippen molar-refractivity contribution in [1.82, 2.24) is 0 Å². The van der Waals surface area contributed by atoms with E-state index in [0.29, 0.717) is 6.61 Å². The van der Waals surface area contributed by atoms with E-state index in [1.54, 1.807) is 13.1 Å². The highest BCUT2D eigenvalue weighted by Gasteiger charge is 2.21. The van der Waals surface area contributed by atoms with E-state index in [-0.39, 0.29) is 11.9 Å². The molecule has 0 aliphatic heterocycles. The first-order chi connectivity index (χ1) is 9.15. The van der Waals surface area contributed by atoms with Gasteiger partial charge in [-0.05, 0) is 24.5 Å². The predicted molar refractivity (Wildman–Crippen MR) is 79.2 cm³/mol. The minimum atomic E-state index is -0.430. The molecule has 0 spiro atoms. The van der Waals surface area contributed by atoms with E-state index in [1.807, 2.05) is 56.3 Å². The Morgan fingerprint density at radius 1 is 1.32 bits per heavy atom. The third-order valence-electron chi connectivity index (χ3n) is 2.58. The van der Waals surface area contributed by atoms with Crippen LogP contribution in [0.15, 0.2) is 41.4 Å². The van der Waals surface area contributed by atoms with Crippen LogP contribution in [-0.4, -0.2) is 24.8 Å². The molecule has 0 aliphatic carbocycles. The number of carbonyl (C=O) groups excluding carboxylic acids is 1. The quantitative estimate of drug-likeness (QED) is 0.580. The summed E-state index contributed by atoms with van der Waals surface area (Å²) in [5.41, 5.74) is 1.10. The Labute approximate surface area is 115 Å². The second-order valence-electron chi connectivity index (χ2n) is 4.51. The molecule has 1 aromatic rings. The molecule has 1 rings (SSSR count). The van der Waals surface area contributed by atoms with E-state index >= 15 is 0 Å². The van der Waals surface area contributed by atoms with Gasteiger partial charge in [0.15, 0.2) is 0 Å². The van der Waals surface area contributed by atoms with Gasteiger partial charge in [0.25, 0.3) is 0 Å². The average molecular weight is 259 g/mol. The highest BCUT2D eigenvalue weighted by atomic mass is 16.5. The second-order valence-corrected chi connectivity index (χ2v) is 4.51. The van der Waals surface area contributed by atoms with Crippen LogP contribution in [0.1, 0.15) is 26.3 Å². The number of benzene rings is 1. The van der Waals surface area contributed by atoms with E-state index < -0.39 is 6.04 Å². The molecule has 102 valence electrons. The number of carbonyl (C=O) groups is 1. The lowest BCUT2D eigenvalue weighted by Crippen LogP contribution is -2.26. The van der Waals surface area contributed by atoms with Gasteiger partial charge in [0, 0.05) is 6.21 Å². The number of nitrogens with zero attached hydrogens (tertiary/aromatic N) is 1. The van der Waals surface area contributed by atoms with Crippen molar-refractivity contribution < 1.29 is 9.53 Å². The summed E-state index contributed by atoms with van der Waals surface area (Å²) in [6.45, 7) is 6.10. The largest absolute Gasteiger partial charge is 0.464 e. The van der Waals surface area contributed by atoms with Crippen molar-refractivity contribution in [2.75, 3.05) is 6.61 Å². The number of ether oxygens (including phenoxy) is 1. The maximum Gasteiger partial charge on any atom is 0.331 e. The van der Waals surface area contributed by atoms with E-state index in [2.05, 4.69) is 4.99 Å². The summed E-state index contributed by atoms with van der Waals surface area (Å²) in [7, 11) is 0. The molecular weight excluding hydrogens is 238 g/mol. The molecule has 0 saturated heterocycles. The first-order valence-corrected chi connectivity index (χ1v) is 6.56. The van der Waals surface area contributed by atoms with Crippen LogP contribution < -0.4 is 0 Å². The fourth-order valence-corrected chi connectivity index (χ4v) is 1.59. The second kappa shape index (κ2) is 8.25. The summed E-state index contributed by atoms with van der Waals surface area (Å²) in [4.78, 5) is 16.0. The van der Waals surface area contributed by atoms with Crippen LogP contribution in [-0.2, 0) is 9.53 Å². The zero-order chi connectivity index (χ0) is 14.1. The lowest BCUT2D eigenvalue weighted by Gasteiger charge is -2.13. The van der Waals surface area contributed by atoms with Crippen molar-refractivity contribution in [1.29, 1.82) is 0 Å². The molecule has 1 aromatic carbocycles. The van der Waals surface area contributed by atoms with Crippen molar-refractivity contribution in [3.8, 4) is 0 Å². The van der Waals surface area contributed by atoms with E-state index in [1.165, 1.54) is 0 Å². The van der Waals surface area contributed by atoms with Gasteiger partial charge in [-0.2, -0.15) is 0 Å². The molecule has 0 aliphatic rings. The van der Waals surface area contributed by atoms with Gasteiger partial charge in [-0.3, -0.25) is 4.99 Å².